The SMILES string of the molecule is CSCC/C=C/c1ccccn1. The lowest BCUT2D eigenvalue weighted by atomic mass is 10.3. The van der Waals surface area contributed by atoms with Crippen molar-refractivity contribution < 1.29 is 0 Å². The molecule has 1 aromatic rings. The zero-order valence-electron chi connectivity index (χ0n) is 7.23. The maximum absolute atomic E-state index is 4.18. The number of nitrogens with zero attached hydrogens (tertiary/aromatic N) is 1. The molecule has 1 aromatic heterocycles. The Labute approximate surface area is 77.9 Å². The van der Waals surface area contributed by atoms with Gasteiger partial charge in [0.1, 0.15) is 0 Å². The fourth-order valence-corrected chi connectivity index (χ4v) is 1.24. The molecule has 1 nitrogen and oxygen atoms in total. The molecule has 2 heteroatoms. The van der Waals surface area contributed by atoms with Gasteiger partial charge in [-0.1, -0.05) is 12.1 Å². The van der Waals surface area contributed by atoms with Gasteiger partial charge in [-0.25, -0.2) is 0 Å². The fraction of sp³-hybridized carbons (Fsp3) is 0.300. The van der Waals surface area contributed by atoms with Gasteiger partial charge in [0.15, 0.2) is 0 Å². The smallest absolute Gasteiger partial charge is 0.0626 e. The van der Waals surface area contributed by atoms with E-state index in [-0.39, 0.29) is 0 Å². The van der Waals surface area contributed by atoms with Gasteiger partial charge in [0.2, 0.25) is 0 Å². The normalized spacial score (nSPS) is 10.8. The summed E-state index contributed by atoms with van der Waals surface area (Å²) in [5.74, 6) is 1.18. The van der Waals surface area contributed by atoms with Crippen LogP contribution < -0.4 is 0 Å². The van der Waals surface area contributed by atoms with E-state index in [0.717, 1.165) is 12.1 Å². The van der Waals surface area contributed by atoms with E-state index in [0.29, 0.717) is 0 Å². The highest BCUT2D eigenvalue weighted by Crippen LogP contribution is 2.00. The van der Waals surface area contributed by atoms with Crippen molar-refractivity contribution in [2.75, 3.05) is 12.0 Å². The summed E-state index contributed by atoms with van der Waals surface area (Å²) >= 11 is 1.87. The Morgan fingerprint density at radius 1 is 1.50 bits per heavy atom. The minimum Gasteiger partial charge on any atom is -0.257 e. The van der Waals surface area contributed by atoms with Gasteiger partial charge in [0.05, 0.1) is 5.69 Å². The van der Waals surface area contributed by atoms with Crippen molar-refractivity contribution in [3.05, 3.63) is 36.2 Å². The molecule has 0 aliphatic heterocycles. The minimum absolute atomic E-state index is 1.04. The summed E-state index contributed by atoms with van der Waals surface area (Å²) in [6.07, 6.45) is 9.29. The van der Waals surface area contributed by atoms with Crippen molar-refractivity contribution in [3.8, 4) is 0 Å². The molecule has 0 unspecified atom stereocenters. The standard InChI is InChI=1S/C10H13NS/c1-12-9-5-3-7-10-6-2-4-8-11-10/h2-4,6-8H,5,9H2,1H3/b7-3+. The second kappa shape index (κ2) is 5.84. The van der Waals surface area contributed by atoms with Gasteiger partial charge in [-0.15, -0.1) is 0 Å². The summed E-state index contributed by atoms with van der Waals surface area (Å²) in [4.78, 5) is 4.18. The van der Waals surface area contributed by atoms with E-state index >= 15 is 0 Å². The monoisotopic (exact) mass is 179 g/mol. The largest absolute Gasteiger partial charge is 0.257 e. The highest BCUT2D eigenvalue weighted by atomic mass is 32.2. The van der Waals surface area contributed by atoms with Gasteiger partial charge in [-0.3, -0.25) is 4.98 Å². The molecular weight excluding hydrogens is 166 g/mol. The first kappa shape index (κ1) is 9.33. The van der Waals surface area contributed by atoms with Crippen LogP contribution in [0.5, 0.6) is 0 Å². The van der Waals surface area contributed by atoms with Crippen LogP contribution in [0.3, 0.4) is 0 Å². The molecule has 1 heterocycles. The van der Waals surface area contributed by atoms with Crippen LogP contribution in [-0.4, -0.2) is 17.0 Å². The van der Waals surface area contributed by atoms with E-state index < -0.39 is 0 Å². The van der Waals surface area contributed by atoms with Crippen LogP contribution in [0.4, 0.5) is 0 Å². The fourth-order valence-electron chi connectivity index (χ4n) is 0.865. The zero-order chi connectivity index (χ0) is 8.65. The lowest BCUT2D eigenvalue weighted by Crippen LogP contribution is -1.77. The Morgan fingerprint density at radius 3 is 3.08 bits per heavy atom. The number of hydrogen-bond acceptors (Lipinski definition) is 2. The lowest BCUT2D eigenvalue weighted by molar-refractivity contribution is 1.24. The minimum atomic E-state index is 1.04. The van der Waals surface area contributed by atoms with Crippen LogP contribution in [0.25, 0.3) is 6.08 Å². The summed E-state index contributed by atoms with van der Waals surface area (Å²) in [6.45, 7) is 0. The molecule has 0 radical (unpaired) electrons. The number of aromatic nitrogens is 1. The summed E-state index contributed by atoms with van der Waals surface area (Å²) in [5, 5.41) is 0. The summed E-state index contributed by atoms with van der Waals surface area (Å²) < 4.78 is 0. The quantitative estimate of drug-likeness (QED) is 0.659. The predicted octanol–water partition coefficient (Wildman–Crippen LogP) is 2.85. The molecule has 0 bridgehead atoms. The van der Waals surface area contributed by atoms with E-state index in [1.165, 1.54) is 5.75 Å². The Balaban J connectivity index is 2.36. The second-order valence-electron chi connectivity index (χ2n) is 2.44. The maximum Gasteiger partial charge on any atom is 0.0626 e. The van der Waals surface area contributed by atoms with Crippen LogP contribution in [0.1, 0.15) is 12.1 Å². The Kier molecular flexibility index (Phi) is 4.54. The molecule has 1 rings (SSSR count). The molecule has 0 spiro atoms. The molecule has 0 aliphatic carbocycles. The average Bonchev–Trinajstić information content (AvgIpc) is 2.14. The molecule has 0 saturated heterocycles. The third-order valence-corrected chi connectivity index (χ3v) is 2.11. The molecule has 0 fully saturated rings. The van der Waals surface area contributed by atoms with Crippen molar-refractivity contribution in [3.63, 3.8) is 0 Å². The Hall–Kier alpha value is -0.760. The summed E-state index contributed by atoms with van der Waals surface area (Å²) in [5.41, 5.74) is 1.04. The molecule has 0 aliphatic rings. The molecule has 0 saturated carbocycles. The number of hydrogen-bond donors (Lipinski definition) is 0. The van der Waals surface area contributed by atoms with Crippen molar-refractivity contribution in [1.29, 1.82) is 0 Å². The highest BCUT2D eigenvalue weighted by molar-refractivity contribution is 7.98. The van der Waals surface area contributed by atoms with Crippen molar-refractivity contribution in [1.82, 2.24) is 4.98 Å². The van der Waals surface area contributed by atoms with E-state index in [1.54, 1.807) is 0 Å². The van der Waals surface area contributed by atoms with Crippen LogP contribution in [0.15, 0.2) is 30.5 Å². The lowest BCUT2D eigenvalue weighted by Gasteiger charge is -1.90. The van der Waals surface area contributed by atoms with E-state index in [1.807, 2.05) is 36.2 Å². The molecule has 0 aromatic carbocycles. The second-order valence-corrected chi connectivity index (χ2v) is 3.42. The number of rotatable bonds is 4. The van der Waals surface area contributed by atoms with Crippen molar-refractivity contribution in [2.45, 2.75) is 6.42 Å². The molecular formula is C10H13NS. The number of pyridine rings is 1. The van der Waals surface area contributed by atoms with Crippen LogP contribution in [-0.2, 0) is 0 Å². The Morgan fingerprint density at radius 2 is 2.42 bits per heavy atom. The molecule has 0 N–H and O–H groups in total. The van der Waals surface area contributed by atoms with Crippen LogP contribution in [0, 0.1) is 0 Å². The summed E-state index contributed by atoms with van der Waals surface area (Å²) in [7, 11) is 0. The number of allylic oxidation sites excluding steroid dienone is 1. The van der Waals surface area contributed by atoms with E-state index in [9.17, 15) is 0 Å². The maximum atomic E-state index is 4.18. The molecule has 0 amide bonds. The van der Waals surface area contributed by atoms with Crippen LogP contribution >= 0.6 is 11.8 Å². The highest BCUT2D eigenvalue weighted by Gasteiger charge is 1.83. The molecule has 0 atom stereocenters. The van der Waals surface area contributed by atoms with Crippen molar-refractivity contribution in [2.24, 2.45) is 0 Å². The molecule has 12 heavy (non-hydrogen) atoms. The van der Waals surface area contributed by atoms with Crippen molar-refractivity contribution >= 4 is 17.8 Å². The van der Waals surface area contributed by atoms with Gasteiger partial charge < -0.3 is 0 Å². The van der Waals surface area contributed by atoms with E-state index in [2.05, 4.69) is 23.4 Å². The van der Waals surface area contributed by atoms with Gasteiger partial charge in [-0.05, 0) is 36.6 Å². The number of thioether (sulfide) groups is 1. The van der Waals surface area contributed by atoms with Gasteiger partial charge in [-0.2, -0.15) is 11.8 Å². The summed E-state index contributed by atoms with van der Waals surface area (Å²) in [6, 6.07) is 5.94. The topological polar surface area (TPSA) is 12.9 Å². The van der Waals surface area contributed by atoms with Gasteiger partial charge in [0.25, 0.3) is 0 Å². The Bertz CT molecular complexity index is 231. The molecule has 64 valence electrons. The third-order valence-electron chi connectivity index (χ3n) is 1.47. The third kappa shape index (κ3) is 3.58. The predicted molar refractivity (Wildman–Crippen MR) is 56.3 cm³/mol. The first-order valence-electron chi connectivity index (χ1n) is 4.00. The van der Waals surface area contributed by atoms with Gasteiger partial charge >= 0.3 is 0 Å². The van der Waals surface area contributed by atoms with Crippen LogP contribution in [0.2, 0.25) is 0 Å². The zero-order valence-corrected chi connectivity index (χ0v) is 8.05. The first-order valence-corrected chi connectivity index (χ1v) is 5.39. The first-order chi connectivity index (χ1) is 5.93. The van der Waals surface area contributed by atoms with Gasteiger partial charge in [0, 0.05) is 6.20 Å². The van der Waals surface area contributed by atoms with E-state index in [4.69, 9.17) is 0 Å². The average molecular weight is 179 g/mol.